The number of allylic oxidation sites excluding steroid dienone is 2. The number of fused-ring (bicyclic) bond motifs is 1. The van der Waals surface area contributed by atoms with E-state index in [9.17, 15) is 4.79 Å². The first-order valence-electron chi connectivity index (χ1n) is 9.04. The van der Waals surface area contributed by atoms with Crippen molar-refractivity contribution in [1.29, 1.82) is 0 Å². The molecule has 0 radical (unpaired) electrons. The van der Waals surface area contributed by atoms with Gasteiger partial charge in [0.25, 0.3) is 0 Å². The summed E-state index contributed by atoms with van der Waals surface area (Å²) >= 11 is 0. The highest BCUT2D eigenvalue weighted by Crippen LogP contribution is 2.31. The lowest BCUT2D eigenvalue weighted by Crippen LogP contribution is -2.59. The van der Waals surface area contributed by atoms with E-state index < -0.39 is 6.17 Å². The van der Waals surface area contributed by atoms with Gasteiger partial charge in [0.05, 0.1) is 30.1 Å². The first-order valence-corrected chi connectivity index (χ1v) is 9.04. The molecule has 0 aromatic carbocycles. The molecule has 1 saturated carbocycles. The minimum atomic E-state index is -0.452. The monoisotopic (exact) mass is 373 g/mol. The lowest BCUT2D eigenvalue weighted by atomic mass is 9.77. The highest BCUT2D eigenvalue weighted by Gasteiger charge is 2.38. The number of hydrogen-bond donors (Lipinski definition) is 5. The Morgan fingerprint density at radius 2 is 2.26 bits per heavy atom. The van der Waals surface area contributed by atoms with Crippen molar-refractivity contribution in [2.45, 2.75) is 31.0 Å². The van der Waals surface area contributed by atoms with Gasteiger partial charge in [0, 0.05) is 19.9 Å². The Bertz CT molecular complexity index is 732. The second kappa shape index (κ2) is 8.47. The van der Waals surface area contributed by atoms with Crippen LogP contribution in [0, 0.1) is 0 Å². The molecule has 1 fully saturated rings. The number of urea groups is 1. The van der Waals surface area contributed by atoms with E-state index in [0.29, 0.717) is 19.7 Å². The summed E-state index contributed by atoms with van der Waals surface area (Å²) in [5.41, 5.74) is 11.3. The standard InChI is InChI=1S/C18H27N7O2/c1-27-11-18(5-2-6-18)25-17(26)24-16-4-3-14-15(23-16)7-12(9-21-14)13(8-19)10-22-20/h3-4,7,10,16,22H,2,5-6,8-9,11,19-20H2,1H3,(H2,24,25,26)/b13-10+. The average Bonchev–Trinajstić information content (AvgIpc) is 2.63. The summed E-state index contributed by atoms with van der Waals surface area (Å²) in [5.74, 6) is 5.36. The third kappa shape index (κ3) is 4.44. The molecular formula is C18H27N7O2. The van der Waals surface area contributed by atoms with Crippen molar-refractivity contribution in [1.82, 2.24) is 16.1 Å². The molecule has 0 saturated heterocycles. The number of amides is 2. The molecule has 1 atom stereocenters. The normalized spacial score (nSPS) is 23.3. The number of aliphatic imine (C=N–C) groups is 2. The first-order chi connectivity index (χ1) is 13.1. The maximum absolute atomic E-state index is 12.4. The summed E-state index contributed by atoms with van der Waals surface area (Å²) in [6.45, 7) is 1.37. The smallest absolute Gasteiger partial charge is 0.317 e. The highest BCUT2D eigenvalue weighted by atomic mass is 16.5. The van der Waals surface area contributed by atoms with Crippen LogP contribution >= 0.6 is 0 Å². The van der Waals surface area contributed by atoms with Crippen LogP contribution in [-0.4, -0.2) is 56.0 Å². The zero-order valence-corrected chi connectivity index (χ0v) is 15.5. The van der Waals surface area contributed by atoms with E-state index in [2.05, 4.69) is 26.0 Å². The number of rotatable bonds is 7. The Balaban J connectivity index is 1.66. The molecule has 7 N–H and O–H groups in total. The molecule has 27 heavy (non-hydrogen) atoms. The van der Waals surface area contributed by atoms with Crippen LogP contribution < -0.4 is 27.6 Å². The van der Waals surface area contributed by atoms with E-state index in [1.54, 1.807) is 13.3 Å². The van der Waals surface area contributed by atoms with E-state index >= 15 is 0 Å². The molecular weight excluding hydrogens is 346 g/mol. The van der Waals surface area contributed by atoms with Crippen LogP contribution in [0.3, 0.4) is 0 Å². The van der Waals surface area contributed by atoms with Crippen molar-refractivity contribution in [3.05, 3.63) is 35.6 Å². The molecule has 3 rings (SSSR count). The maximum Gasteiger partial charge on any atom is 0.317 e. The Kier molecular flexibility index (Phi) is 6.04. The zero-order chi connectivity index (χ0) is 19.3. The van der Waals surface area contributed by atoms with E-state index in [1.807, 2.05) is 18.2 Å². The van der Waals surface area contributed by atoms with E-state index in [0.717, 1.165) is 41.8 Å². The summed E-state index contributed by atoms with van der Waals surface area (Å²) in [4.78, 5) is 21.5. The number of nitrogens with one attached hydrogen (secondary N) is 3. The summed E-state index contributed by atoms with van der Waals surface area (Å²) in [7, 11) is 1.65. The summed E-state index contributed by atoms with van der Waals surface area (Å²) in [6.07, 6.45) is 9.79. The second-order valence-corrected chi connectivity index (χ2v) is 6.90. The van der Waals surface area contributed by atoms with Crippen molar-refractivity contribution >= 4 is 17.5 Å². The molecule has 1 aliphatic carbocycles. The van der Waals surface area contributed by atoms with Gasteiger partial charge in [-0.1, -0.05) is 0 Å². The molecule has 0 aromatic rings. The fourth-order valence-electron chi connectivity index (χ4n) is 3.41. The largest absolute Gasteiger partial charge is 0.382 e. The number of carbonyl (C=O) groups excluding carboxylic acids is 1. The molecule has 9 heteroatoms. The van der Waals surface area contributed by atoms with Crippen LogP contribution in [0.25, 0.3) is 0 Å². The molecule has 0 spiro atoms. The van der Waals surface area contributed by atoms with Gasteiger partial charge in [0.2, 0.25) is 0 Å². The number of carbonyl (C=O) groups is 1. The molecule has 1 unspecified atom stereocenters. The average molecular weight is 373 g/mol. The molecule has 2 heterocycles. The van der Waals surface area contributed by atoms with E-state index in [4.69, 9.17) is 16.3 Å². The van der Waals surface area contributed by atoms with E-state index in [1.165, 1.54) is 0 Å². The van der Waals surface area contributed by atoms with Gasteiger partial charge in [-0.2, -0.15) is 0 Å². The predicted molar refractivity (Wildman–Crippen MR) is 105 cm³/mol. The van der Waals surface area contributed by atoms with Crippen molar-refractivity contribution in [2.24, 2.45) is 21.6 Å². The SMILES string of the molecule is COCC1(NC(=O)NC2C=CC3=NCC(/C(=C/NN)CN)=CC3=N2)CCC1. The zero-order valence-electron chi connectivity index (χ0n) is 15.5. The number of hydrogen-bond acceptors (Lipinski definition) is 7. The Hall–Kier alpha value is -2.49. The molecule has 2 amide bonds. The third-order valence-electron chi connectivity index (χ3n) is 4.99. The molecule has 2 aliphatic heterocycles. The molecule has 146 valence electrons. The number of nitrogens with zero attached hydrogens (tertiary/aromatic N) is 2. The molecule has 3 aliphatic rings. The first kappa shape index (κ1) is 19.3. The summed E-state index contributed by atoms with van der Waals surface area (Å²) in [6, 6.07) is -0.249. The number of nitrogens with two attached hydrogens (primary N) is 2. The predicted octanol–water partition coefficient (Wildman–Crippen LogP) is -0.121. The minimum absolute atomic E-state index is 0.249. The highest BCUT2D eigenvalue weighted by molar-refractivity contribution is 6.51. The second-order valence-electron chi connectivity index (χ2n) is 6.90. The van der Waals surface area contributed by atoms with Gasteiger partial charge in [-0.15, -0.1) is 0 Å². The summed E-state index contributed by atoms with van der Waals surface area (Å²) in [5, 5.41) is 5.91. The number of hydrazine groups is 1. The minimum Gasteiger partial charge on any atom is -0.382 e. The van der Waals surface area contributed by atoms with Gasteiger partial charge in [-0.3, -0.25) is 15.8 Å². The Morgan fingerprint density at radius 1 is 1.44 bits per heavy atom. The van der Waals surface area contributed by atoms with Crippen molar-refractivity contribution in [3.8, 4) is 0 Å². The van der Waals surface area contributed by atoms with Crippen LogP contribution in [0.15, 0.2) is 45.6 Å². The lowest BCUT2D eigenvalue weighted by molar-refractivity contribution is 0.0630. The van der Waals surface area contributed by atoms with Crippen LogP contribution in [-0.2, 0) is 4.74 Å². The number of methoxy groups -OCH3 is 1. The fraction of sp³-hybridized carbons (Fsp3) is 0.500. The topological polar surface area (TPSA) is 139 Å². The van der Waals surface area contributed by atoms with Gasteiger partial charge in [-0.25, -0.2) is 4.79 Å². The van der Waals surface area contributed by atoms with Gasteiger partial charge in [0.1, 0.15) is 6.17 Å². The molecule has 0 aromatic heterocycles. The van der Waals surface area contributed by atoms with E-state index in [-0.39, 0.29) is 11.6 Å². The third-order valence-corrected chi connectivity index (χ3v) is 4.99. The fourth-order valence-corrected chi connectivity index (χ4v) is 3.41. The number of ether oxygens (including phenoxy) is 1. The van der Waals surface area contributed by atoms with Gasteiger partial charge >= 0.3 is 6.03 Å². The Morgan fingerprint density at radius 3 is 2.89 bits per heavy atom. The van der Waals surface area contributed by atoms with Crippen molar-refractivity contribution in [2.75, 3.05) is 26.8 Å². The van der Waals surface area contributed by atoms with Gasteiger partial charge in [-0.05, 0) is 48.6 Å². The lowest BCUT2D eigenvalue weighted by Gasteiger charge is -2.42. The van der Waals surface area contributed by atoms with Crippen LogP contribution in [0.1, 0.15) is 19.3 Å². The summed E-state index contributed by atoms with van der Waals surface area (Å²) < 4.78 is 5.24. The van der Waals surface area contributed by atoms with Crippen LogP contribution in [0.5, 0.6) is 0 Å². The quantitative estimate of drug-likeness (QED) is 0.313. The molecule has 9 nitrogen and oxygen atoms in total. The van der Waals surface area contributed by atoms with Crippen molar-refractivity contribution in [3.63, 3.8) is 0 Å². The number of dihydropyridines is 2. The van der Waals surface area contributed by atoms with Crippen LogP contribution in [0.4, 0.5) is 4.79 Å². The van der Waals surface area contributed by atoms with Crippen LogP contribution in [0.2, 0.25) is 0 Å². The Labute approximate surface area is 158 Å². The van der Waals surface area contributed by atoms with Crippen molar-refractivity contribution < 1.29 is 9.53 Å². The molecule has 0 bridgehead atoms. The van der Waals surface area contributed by atoms with Gasteiger partial charge < -0.3 is 26.5 Å². The van der Waals surface area contributed by atoms with Gasteiger partial charge in [0.15, 0.2) is 0 Å². The maximum atomic E-state index is 12.4.